The number of esters is 3. The second-order valence-corrected chi connectivity index (χ2v) is 11.4. The van der Waals surface area contributed by atoms with Crippen LogP contribution in [0.2, 0.25) is 0 Å². The lowest BCUT2D eigenvalue weighted by atomic mass is 9.83. The van der Waals surface area contributed by atoms with Gasteiger partial charge in [0.1, 0.15) is 6.61 Å². The molecule has 0 N–H and O–H groups in total. The van der Waals surface area contributed by atoms with Crippen LogP contribution in [0.5, 0.6) is 0 Å². The summed E-state index contributed by atoms with van der Waals surface area (Å²) in [6.07, 6.45) is -2.33. The van der Waals surface area contributed by atoms with Crippen molar-refractivity contribution in [2.45, 2.75) is 94.7 Å². The van der Waals surface area contributed by atoms with Crippen molar-refractivity contribution in [1.29, 1.82) is 0 Å². The van der Waals surface area contributed by atoms with Crippen LogP contribution in [-0.2, 0) is 33.3 Å². The second-order valence-electron chi connectivity index (χ2n) is 11.4. The lowest BCUT2D eigenvalue weighted by Gasteiger charge is -2.44. The van der Waals surface area contributed by atoms with E-state index in [0.29, 0.717) is 0 Å². The topological polar surface area (TPSA) is 88.1 Å². The molecule has 0 aliphatic carbocycles. The Bertz CT molecular complexity index is 631. The Morgan fingerprint density at radius 3 is 1.57 bits per heavy atom. The first-order chi connectivity index (χ1) is 13.4. The fourth-order valence-electron chi connectivity index (χ4n) is 2.67. The van der Waals surface area contributed by atoms with Crippen LogP contribution in [0.4, 0.5) is 0 Å². The van der Waals surface area contributed by atoms with Gasteiger partial charge in [-0.15, -0.1) is 0 Å². The molecule has 0 aromatic carbocycles. The monoisotopic (exact) mass is 428 g/mol. The van der Waals surface area contributed by atoms with Crippen molar-refractivity contribution >= 4 is 17.9 Å². The van der Waals surface area contributed by atoms with E-state index in [1.54, 1.807) is 62.3 Å². The Balaban J connectivity index is 3.07. The summed E-state index contributed by atoms with van der Waals surface area (Å²) in [6.45, 7) is 19.7. The molecule has 1 fully saturated rings. The average Bonchev–Trinajstić information content (AvgIpc) is 2.56. The van der Waals surface area contributed by atoms with Gasteiger partial charge in [-0.05, 0) is 68.2 Å². The lowest BCUT2D eigenvalue weighted by molar-refractivity contribution is -0.277. The van der Waals surface area contributed by atoms with E-state index in [2.05, 4.69) is 0 Å². The SMILES string of the molecule is C[C@@H]1C(OC(=O)C(C)(C)C)[C@H](OC(=O)C(C)(C)C)OC(COC(=O)C(C)(C)C)[C@@H]1C. The Morgan fingerprint density at radius 1 is 0.700 bits per heavy atom. The third-order valence-electron chi connectivity index (χ3n) is 5.19. The molecule has 0 spiro atoms. The van der Waals surface area contributed by atoms with Crippen molar-refractivity contribution in [2.75, 3.05) is 6.61 Å². The van der Waals surface area contributed by atoms with Crippen molar-refractivity contribution in [3.05, 3.63) is 0 Å². The second kappa shape index (κ2) is 9.25. The van der Waals surface area contributed by atoms with Crippen LogP contribution in [0, 0.1) is 28.1 Å². The smallest absolute Gasteiger partial charge is 0.313 e. The minimum Gasteiger partial charge on any atom is -0.463 e. The fourth-order valence-corrected chi connectivity index (χ4v) is 2.67. The predicted molar refractivity (Wildman–Crippen MR) is 112 cm³/mol. The summed E-state index contributed by atoms with van der Waals surface area (Å²) in [5.41, 5.74) is -2.09. The van der Waals surface area contributed by atoms with Crippen molar-refractivity contribution < 1.29 is 33.3 Å². The van der Waals surface area contributed by atoms with Gasteiger partial charge in [-0.1, -0.05) is 13.8 Å². The van der Waals surface area contributed by atoms with Gasteiger partial charge >= 0.3 is 17.9 Å². The summed E-state index contributed by atoms with van der Waals surface area (Å²) in [6, 6.07) is 0. The highest BCUT2D eigenvalue weighted by Gasteiger charge is 2.48. The highest BCUT2D eigenvalue weighted by molar-refractivity contribution is 5.76. The van der Waals surface area contributed by atoms with Gasteiger partial charge in [0.15, 0.2) is 6.10 Å². The van der Waals surface area contributed by atoms with E-state index in [1.807, 2.05) is 13.8 Å². The summed E-state index contributed by atoms with van der Waals surface area (Å²) in [5, 5.41) is 0. The number of carbonyl (C=O) groups is 3. The molecule has 1 aliphatic rings. The predicted octanol–water partition coefficient (Wildman–Crippen LogP) is 4.12. The normalized spacial score (nSPS) is 27.9. The molecule has 2 unspecified atom stereocenters. The molecule has 7 nitrogen and oxygen atoms in total. The maximum Gasteiger partial charge on any atom is 0.313 e. The molecule has 1 saturated heterocycles. The number of hydrogen-bond acceptors (Lipinski definition) is 7. The summed E-state index contributed by atoms with van der Waals surface area (Å²) in [4.78, 5) is 37.2. The summed E-state index contributed by atoms with van der Waals surface area (Å²) in [7, 11) is 0. The minimum absolute atomic E-state index is 0.0329. The molecule has 0 saturated carbocycles. The molecule has 1 rings (SSSR count). The zero-order valence-corrected chi connectivity index (χ0v) is 20.5. The van der Waals surface area contributed by atoms with E-state index < -0.39 is 46.7 Å². The van der Waals surface area contributed by atoms with Gasteiger partial charge in [-0.3, -0.25) is 14.4 Å². The Hall–Kier alpha value is -1.63. The molecule has 174 valence electrons. The van der Waals surface area contributed by atoms with Crippen molar-refractivity contribution in [3.63, 3.8) is 0 Å². The highest BCUT2D eigenvalue weighted by Crippen LogP contribution is 2.36. The number of rotatable bonds is 4. The molecule has 0 radical (unpaired) electrons. The van der Waals surface area contributed by atoms with E-state index in [0.717, 1.165) is 0 Å². The third-order valence-corrected chi connectivity index (χ3v) is 5.19. The Morgan fingerprint density at radius 2 is 1.13 bits per heavy atom. The summed E-state index contributed by atoms with van der Waals surface area (Å²) in [5.74, 6) is -1.47. The maximum absolute atomic E-state index is 12.5. The van der Waals surface area contributed by atoms with Gasteiger partial charge < -0.3 is 18.9 Å². The van der Waals surface area contributed by atoms with Gasteiger partial charge in [0, 0.05) is 5.92 Å². The van der Waals surface area contributed by atoms with Crippen LogP contribution in [0.15, 0.2) is 0 Å². The van der Waals surface area contributed by atoms with Gasteiger partial charge in [0.05, 0.1) is 22.3 Å². The molecule has 1 aliphatic heterocycles. The molecule has 0 aromatic rings. The van der Waals surface area contributed by atoms with Crippen LogP contribution in [0.25, 0.3) is 0 Å². The first-order valence-electron chi connectivity index (χ1n) is 10.6. The number of hydrogen-bond donors (Lipinski definition) is 0. The quantitative estimate of drug-likeness (QED) is 0.491. The van der Waals surface area contributed by atoms with Gasteiger partial charge in [-0.2, -0.15) is 0 Å². The molecule has 0 bridgehead atoms. The number of carbonyl (C=O) groups excluding carboxylic acids is 3. The van der Waals surface area contributed by atoms with Crippen LogP contribution in [0.1, 0.15) is 76.2 Å². The van der Waals surface area contributed by atoms with E-state index in [1.165, 1.54) is 0 Å². The Kier molecular flexibility index (Phi) is 8.14. The van der Waals surface area contributed by atoms with Crippen LogP contribution in [0.3, 0.4) is 0 Å². The molecule has 7 heteroatoms. The first-order valence-corrected chi connectivity index (χ1v) is 10.6. The van der Waals surface area contributed by atoms with Crippen LogP contribution < -0.4 is 0 Å². The standard InChI is InChI=1S/C23H40O7/c1-13-14(2)16(29-19(25)22(6,7)8)17(30-20(26)23(9,10)11)28-15(13)12-27-18(24)21(3,4)5/h13-17H,12H2,1-11H3/t13-,14+,15?,16?,17+/m1/s1. The molecule has 1 heterocycles. The van der Waals surface area contributed by atoms with Crippen molar-refractivity contribution in [2.24, 2.45) is 28.1 Å². The molecule has 0 amide bonds. The largest absolute Gasteiger partial charge is 0.463 e. The molecule has 30 heavy (non-hydrogen) atoms. The maximum atomic E-state index is 12.5. The molecular weight excluding hydrogens is 388 g/mol. The van der Waals surface area contributed by atoms with Crippen LogP contribution in [-0.4, -0.2) is 43.0 Å². The van der Waals surface area contributed by atoms with E-state index >= 15 is 0 Å². The Labute approximate surface area is 181 Å². The van der Waals surface area contributed by atoms with E-state index in [4.69, 9.17) is 18.9 Å². The average molecular weight is 429 g/mol. The zero-order valence-electron chi connectivity index (χ0n) is 20.5. The first kappa shape index (κ1) is 26.4. The lowest BCUT2D eigenvalue weighted by Crippen LogP contribution is -2.55. The molecular formula is C23H40O7. The minimum atomic E-state index is -1.08. The molecule has 5 atom stereocenters. The number of ether oxygens (including phenoxy) is 4. The van der Waals surface area contributed by atoms with E-state index in [-0.39, 0.29) is 24.4 Å². The summed E-state index contributed by atoms with van der Waals surface area (Å²) >= 11 is 0. The molecule has 0 aromatic heterocycles. The fraction of sp³-hybridized carbons (Fsp3) is 0.870. The van der Waals surface area contributed by atoms with Gasteiger partial charge in [0.2, 0.25) is 6.29 Å². The van der Waals surface area contributed by atoms with Crippen molar-refractivity contribution in [3.8, 4) is 0 Å². The summed E-state index contributed by atoms with van der Waals surface area (Å²) < 4.78 is 22.8. The highest BCUT2D eigenvalue weighted by atomic mass is 16.7. The van der Waals surface area contributed by atoms with E-state index in [9.17, 15) is 14.4 Å². The zero-order chi connectivity index (χ0) is 23.7. The van der Waals surface area contributed by atoms with Crippen molar-refractivity contribution in [1.82, 2.24) is 0 Å². The van der Waals surface area contributed by atoms with Crippen LogP contribution >= 0.6 is 0 Å². The van der Waals surface area contributed by atoms with Gasteiger partial charge in [0.25, 0.3) is 0 Å². The third kappa shape index (κ3) is 6.96. The van der Waals surface area contributed by atoms with Gasteiger partial charge in [-0.25, -0.2) is 0 Å².